The molecule has 2 aliphatic rings. The minimum Gasteiger partial charge on any atom is -0.486 e. The van der Waals surface area contributed by atoms with Crippen LogP contribution in [0.15, 0.2) is 23.2 Å². The summed E-state index contributed by atoms with van der Waals surface area (Å²) in [6, 6.07) is 6.17. The van der Waals surface area contributed by atoms with Crippen LogP contribution < -0.4 is 20.7 Å². The van der Waals surface area contributed by atoms with Gasteiger partial charge in [0.2, 0.25) is 0 Å². The number of nitrogens with one attached hydrogen (secondary N) is 1. The van der Waals surface area contributed by atoms with Crippen molar-refractivity contribution in [2.45, 2.75) is 38.1 Å². The highest BCUT2D eigenvalue weighted by Gasteiger charge is 2.20. The van der Waals surface area contributed by atoms with E-state index >= 15 is 0 Å². The number of hydrogen-bond acceptors (Lipinski definition) is 4. The molecule has 0 aromatic heterocycles. The number of aliphatic imine (C=N–C) groups is 1. The Labute approximate surface area is 119 Å². The van der Waals surface area contributed by atoms with E-state index in [4.69, 9.17) is 20.3 Å². The molecule has 0 spiro atoms. The van der Waals surface area contributed by atoms with Gasteiger partial charge in [-0.25, -0.2) is 5.84 Å². The second-order valence-corrected chi connectivity index (χ2v) is 5.24. The third-order valence-electron chi connectivity index (χ3n) is 3.84. The molecule has 0 bridgehead atoms. The van der Waals surface area contributed by atoms with Crippen LogP contribution in [0.3, 0.4) is 0 Å². The maximum atomic E-state index is 5.73. The zero-order chi connectivity index (χ0) is 13.8. The van der Waals surface area contributed by atoms with Crippen LogP contribution in [0.5, 0.6) is 11.5 Å². The van der Waals surface area contributed by atoms with Crippen molar-refractivity contribution in [2.75, 3.05) is 13.2 Å². The van der Waals surface area contributed by atoms with Crippen molar-refractivity contribution in [1.29, 1.82) is 0 Å². The number of benzene rings is 1. The highest BCUT2D eigenvalue weighted by atomic mass is 16.6. The van der Waals surface area contributed by atoms with Crippen LogP contribution in [-0.4, -0.2) is 25.1 Å². The highest BCUT2D eigenvalue weighted by molar-refractivity contribution is 6.01. The predicted octanol–water partition coefficient (Wildman–Crippen LogP) is 2.00. The van der Waals surface area contributed by atoms with Crippen LogP contribution in [0.25, 0.3) is 0 Å². The largest absolute Gasteiger partial charge is 0.486 e. The molecule has 108 valence electrons. The number of rotatable bonds is 2. The number of hydrazine groups is 1. The number of amidine groups is 1. The molecule has 0 atom stereocenters. The van der Waals surface area contributed by atoms with E-state index in [9.17, 15) is 0 Å². The number of nitrogens with zero attached hydrogens (tertiary/aromatic N) is 1. The van der Waals surface area contributed by atoms with Crippen molar-refractivity contribution < 1.29 is 9.47 Å². The molecule has 20 heavy (non-hydrogen) atoms. The van der Waals surface area contributed by atoms with Gasteiger partial charge in [-0.3, -0.25) is 4.99 Å². The van der Waals surface area contributed by atoms with Crippen LogP contribution in [0.4, 0.5) is 0 Å². The summed E-state index contributed by atoms with van der Waals surface area (Å²) >= 11 is 0. The minimum atomic E-state index is 0.357. The summed E-state index contributed by atoms with van der Waals surface area (Å²) in [4.78, 5) is 4.78. The van der Waals surface area contributed by atoms with E-state index in [1.807, 2.05) is 18.2 Å². The van der Waals surface area contributed by atoms with E-state index in [-0.39, 0.29) is 0 Å². The van der Waals surface area contributed by atoms with Gasteiger partial charge in [0.25, 0.3) is 0 Å². The first-order chi connectivity index (χ1) is 9.88. The lowest BCUT2D eigenvalue weighted by Gasteiger charge is -2.23. The SMILES string of the molecule is NNC(=NC1CCCCC1)c1cccc2c1OCCO2. The van der Waals surface area contributed by atoms with E-state index in [0.29, 0.717) is 25.1 Å². The Morgan fingerprint density at radius 2 is 1.95 bits per heavy atom. The first kappa shape index (κ1) is 13.2. The zero-order valence-electron chi connectivity index (χ0n) is 11.6. The normalized spacial score (nSPS) is 19.8. The lowest BCUT2D eigenvalue weighted by molar-refractivity contribution is 0.171. The smallest absolute Gasteiger partial charge is 0.172 e. The van der Waals surface area contributed by atoms with Crippen molar-refractivity contribution in [2.24, 2.45) is 10.8 Å². The van der Waals surface area contributed by atoms with Gasteiger partial charge in [0, 0.05) is 0 Å². The van der Waals surface area contributed by atoms with Crippen LogP contribution >= 0.6 is 0 Å². The van der Waals surface area contributed by atoms with Crippen molar-refractivity contribution in [3.05, 3.63) is 23.8 Å². The predicted molar refractivity (Wildman–Crippen MR) is 78.2 cm³/mol. The van der Waals surface area contributed by atoms with Gasteiger partial charge in [-0.2, -0.15) is 0 Å². The fraction of sp³-hybridized carbons (Fsp3) is 0.533. The Bertz CT molecular complexity index is 496. The van der Waals surface area contributed by atoms with Gasteiger partial charge in [0.15, 0.2) is 11.5 Å². The third kappa shape index (κ3) is 2.72. The zero-order valence-corrected chi connectivity index (χ0v) is 11.6. The second-order valence-electron chi connectivity index (χ2n) is 5.24. The van der Waals surface area contributed by atoms with Crippen LogP contribution in [0.1, 0.15) is 37.7 Å². The number of para-hydroxylation sites is 1. The number of fused-ring (bicyclic) bond motifs is 1. The summed E-state index contributed by atoms with van der Waals surface area (Å²) in [5, 5.41) is 0. The molecule has 3 rings (SSSR count). The lowest BCUT2D eigenvalue weighted by atomic mass is 9.96. The van der Waals surface area contributed by atoms with Gasteiger partial charge in [0.05, 0.1) is 11.6 Å². The molecule has 1 heterocycles. The molecule has 1 aliphatic heterocycles. The molecule has 0 unspecified atom stereocenters. The summed E-state index contributed by atoms with van der Waals surface area (Å²) in [5.74, 6) is 7.88. The summed E-state index contributed by atoms with van der Waals surface area (Å²) in [7, 11) is 0. The van der Waals surface area contributed by atoms with E-state index in [1.54, 1.807) is 0 Å². The van der Waals surface area contributed by atoms with Gasteiger partial charge >= 0.3 is 0 Å². The average molecular weight is 275 g/mol. The summed E-state index contributed by atoms with van der Waals surface area (Å²) in [6.07, 6.45) is 6.08. The Morgan fingerprint density at radius 1 is 1.15 bits per heavy atom. The number of nitrogens with two attached hydrogens (primary N) is 1. The van der Waals surface area contributed by atoms with Gasteiger partial charge in [-0.15, -0.1) is 0 Å². The topological polar surface area (TPSA) is 68.9 Å². The Morgan fingerprint density at radius 3 is 2.75 bits per heavy atom. The van der Waals surface area contributed by atoms with Crippen molar-refractivity contribution in [1.82, 2.24) is 5.43 Å². The van der Waals surface area contributed by atoms with Crippen molar-refractivity contribution >= 4 is 5.84 Å². The average Bonchev–Trinajstić information content (AvgIpc) is 2.53. The molecule has 5 nitrogen and oxygen atoms in total. The maximum Gasteiger partial charge on any atom is 0.172 e. The standard InChI is InChI=1S/C15H21N3O2/c16-18-15(17-11-5-2-1-3-6-11)12-7-4-8-13-14(12)20-10-9-19-13/h4,7-8,11H,1-3,5-6,9-10,16H2,(H,17,18). The Kier molecular flexibility index (Phi) is 4.06. The molecule has 1 saturated carbocycles. The lowest BCUT2D eigenvalue weighted by Crippen LogP contribution is -2.33. The summed E-state index contributed by atoms with van der Waals surface area (Å²) < 4.78 is 11.3. The third-order valence-corrected chi connectivity index (χ3v) is 3.84. The fourth-order valence-electron chi connectivity index (χ4n) is 2.84. The van der Waals surface area contributed by atoms with Crippen LogP contribution in [0, 0.1) is 0 Å². The molecule has 1 aliphatic carbocycles. The Balaban J connectivity index is 1.90. The van der Waals surface area contributed by atoms with E-state index in [1.165, 1.54) is 19.3 Å². The Hall–Kier alpha value is -1.75. The molecule has 0 radical (unpaired) electrons. The van der Waals surface area contributed by atoms with Crippen molar-refractivity contribution in [3.8, 4) is 11.5 Å². The molecule has 3 N–H and O–H groups in total. The van der Waals surface area contributed by atoms with Crippen LogP contribution in [-0.2, 0) is 0 Å². The molecule has 1 aromatic carbocycles. The fourth-order valence-corrected chi connectivity index (χ4v) is 2.84. The molecule has 1 fully saturated rings. The minimum absolute atomic E-state index is 0.357. The molecule has 0 saturated heterocycles. The molecular formula is C15H21N3O2. The first-order valence-corrected chi connectivity index (χ1v) is 7.32. The quantitative estimate of drug-likeness (QED) is 0.375. The monoisotopic (exact) mass is 275 g/mol. The van der Waals surface area contributed by atoms with E-state index in [2.05, 4.69) is 5.43 Å². The molecule has 1 aromatic rings. The molecule has 0 amide bonds. The van der Waals surface area contributed by atoms with Gasteiger partial charge in [0.1, 0.15) is 19.0 Å². The first-order valence-electron chi connectivity index (χ1n) is 7.32. The second kappa shape index (κ2) is 6.13. The summed E-state index contributed by atoms with van der Waals surface area (Å²) in [6.45, 7) is 1.15. The van der Waals surface area contributed by atoms with Crippen LogP contribution in [0.2, 0.25) is 0 Å². The summed E-state index contributed by atoms with van der Waals surface area (Å²) in [5.41, 5.74) is 3.61. The number of hydrogen-bond donors (Lipinski definition) is 2. The molecule has 5 heteroatoms. The highest BCUT2D eigenvalue weighted by Crippen LogP contribution is 2.34. The molecular weight excluding hydrogens is 254 g/mol. The van der Waals surface area contributed by atoms with E-state index < -0.39 is 0 Å². The maximum absolute atomic E-state index is 5.73. The van der Waals surface area contributed by atoms with Crippen molar-refractivity contribution in [3.63, 3.8) is 0 Å². The van der Waals surface area contributed by atoms with Gasteiger partial charge < -0.3 is 14.9 Å². The van der Waals surface area contributed by atoms with Gasteiger partial charge in [-0.05, 0) is 25.0 Å². The number of ether oxygens (including phenoxy) is 2. The van der Waals surface area contributed by atoms with Gasteiger partial charge in [-0.1, -0.05) is 25.3 Å². The van der Waals surface area contributed by atoms with E-state index in [0.717, 1.165) is 29.9 Å².